The molecule has 10 nitrogen and oxygen atoms in total. The highest BCUT2D eigenvalue weighted by Crippen LogP contribution is 2.00. The van der Waals surface area contributed by atoms with Crippen LogP contribution in [0.1, 0.15) is 24.5 Å². The molecule has 0 aliphatic carbocycles. The summed E-state index contributed by atoms with van der Waals surface area (Å²) in [5, 5.41) is 15.2. The number of rotatable bonds is 13. The zero-order valence-corrected chi connectivity index (χ0v) is 21.9. The topological polar surface area (TPSA) is 92.1 Å². The van der Waals surface area contributed by atoms with E-state index in [1.54, 1.807) is 7.11 Å². The van der Waals surface area contributed by atoms with Gasteiger partial charge in [0.2, 0.25) is 0 Å². The van der Waals surface area contributed by atoms with Crippen LogP contribution in [0.5, 0.6) is 0 Å². The molecule has 0 amide bonds. The number of nitrogens with one attached hydrogen (secondary N) is 2. The van der Waals surface area contributed by atoms with Gasteiger partial charge in [-0.1, -0.05) is 0 Å². The van der Waals surface area contributed by atoms with Gasteiger partial charge in [0.15, 0.2) is 11.8 Å². The lowest BCUT2D eigenvalue weighted by Gasteiger charge is -2.26. The minimum atomic E-state index is 0. The molecule has 1 aromatic heterocycles. The van der Waals surface area contributed by atoms with Crippen molar-refractivity contribution >= 4 is 29.9 Å². The molecule has 0 atom stereocenters. The Labute approximate surface area is 204 Å². The zero-order valence-electron chi connectivity index (χ0n) is 19.6. The van der Waals surface area contributed by atoms with Gasteiger partial charge in [0.25, 0.3) is 0 Å². The van der Waals surface area contributed by atoms with Gasteiger partial charge in [-0.3, -0.25) is 4.90 Å². The number of guanidine groups is 1. The molecule has 2 rings (SSSR count). The van der Waals surface area contributed by atoms with Gasteiger partial charge in [-0.2, -0.15) is 0 Å². The molecule has 1 aliphatic heterocycles. The first-order valence-electron chi connectivity index (χ1n) is 10.9. The summed E-state index contributed by atoms with van der Waals surface area (Å²) in [6.45, 7) is 11.7. The van der Waals surface area contributed by atoms with Crippen molar-refractivity contribution in [3.8, 4) is 0 Å². The Bertz CT molecular complexity index is 622. The third-order valence-corrected chi connectivity index (χ3v) is 5.28. The molecule has 0 saturated carbocycles. The summed E-state index contributed by atoms with van der Waals surface area (Å²) >= 11 is 0. The van der Waals surface area contributed by atoms with Crippen LogP contribution in [0.15, 0.2) is 4.99 Å². The second kappa shape index (κ2) is 16.6. The first-order valence-corrected chi connectivity index (χ1v) is 10.9. The Morgan fingerprint density at radius 2 is 1.90 bits per heavy atom. The molecule has 2 heterocycles. The molecule has 31 heavy (non-hydrogen) atoms. The van der Waals surface area contributed by atoms with Crippen LogP contribution < -0.4 is 10.6 Å². The van der Waals surface area contributed by atoms with E-state index in [4.69, 9.17) is 14.5 Å². The Balaban J connectivity index is 0.00000480. The van der Waals surface area contributed by atoms with Crippen LogP contribution in [0.2, 0.25) is 0 Å². The van der Waals surface area contributed by atoms with E-state index in [1.165, 1.54) is 0 Å². The maximum atomic E-state index is 5.41. The van der Waals surface area contributed by atoms with Crippen molar-refractivity contribution in [1.29, 1.82) is 0 Å². The minimum absolute atomic E-state index is 0. The van der Waals surface area contributed by atoms with Crippen molar-refractivity contribution in [3.05, 3.63) is 11.6 Å². The average Bonchev–Trinajstić information content (AvgIpc) is 3.07. The van der Waals surface area contributed by atoms with Crippen LogP contribution >= 0.6 is 24.0 Å². The van der Waals surface area contributed by atoms with Gasteiger partial charge in [-0.15, -0.1) is 34.2 Å². The van der Waals surface area contributed by atoms with Crippen molar-refractivity contribution in [3.63, 3.8) is 0 Å². The number of likely N-dealkylation sites (N-methyl/N-ethyl adjacent to an activating group) is 1. The van der Waals surface area contributed by atoms with Crippen LogP contribution in [0.25, 0.3) is 0 Å². The van der Waals surface area contributed by atoms with E-state index in [0.717, 1.165) is 96.1 Å². The number of nitrogens with zero attached hydrogens (tertiary/aromatic N) is 6. The van der Waals surface area contributed by atoms with E-state index >= 15 is 0 Å². The van der Waals surface area contributed by atoms with E-state index in [9.17, 15) is 0 Å². The number of aliphatic imine (C=N–C) groups is 1. The maximum Gasteiger partial charge on any atom is 0.191 e. The van der Waals surface area contributed by atoms with Gasteiger partial charge in [0, 0.05) is 60.0 Å². The number of morpholine rings is 1. The fraction of sp³-hybridized carbons (Fsp3) is 0.850. The van der Waals surface area contributed by atoms with E-state index < -0.39 is 0 Å². The van der Waals surface area contributed by atoms with Gasteiger partial charge in [-0.05, 0) is 33.4 Å². The molecular formula is C20H41IN8O2. The summed E-state index contributed by atoms with van der Waals surface area (Å²) < 4.78 is 12.5. The van der Waals surface area contributed by atoms with Crippen molar-refractivity contribution in [2.45, 2.75) is 26.3 Å². The molecule has 2 N–H and O–H groups in total. The number of ether oxygens (including phenoxy) is 2. The molecule has 0 aromatic carbocycles. The lowest BCUT2D eigenvalue weighted by molar-refractivity contribution is 0.0376. The van der Waals surface area contributed by atoms with Crippen LogP contribution in [-0.2, 0) is 23.1 Å². The zero-order chi connectivity index (χ0) is 21.6. The molecule has 180 valence electrons. The van der Waals surface area contributed by atoms with Crippen molar-refractivity contribution in [2.24, 2.45) is 12.0 Å². The summed E-state index contributed by atoms with van der Waals surface area (Å²) in [6, 6.07) is 0. The summed E-state index contributed by atoms with van der Waals surface area (Å²) in [5.74, 6) is 2.58. The van der Waals surface area contributed by atoms with Crippen LogP contribution in [-0.4, -0.2) is 110 Å². The number of methoxy groups -OCH3 is 1. The molecule has 1 fully saturated rings. The predicted molar refractivity (Wildman–Crippen MR) is 134 cm³/mol. The fourth-order valence-electron chi connectivity index (χ4n) is 3.20. The number of aromatic nitrogens is 3. The van der Waals surface area contributed by atoms with Gasteiger partial charge in [0.1, 0.15) is 12.4 Å². The molecule has 1 aliphatic rings. The number of hydrogen-bond donors (Lipinski definition) is 2. The number of halogens is 1. The highest BCUT2D eigenvalue weighted by Gasteiger charge is 2.10. The summed E-state index contributed by atoms with van der Waals surface area (Å²) in [7, 11) is 5.85. The maximum absolute atomic E-state index is 5.41. The number of hydrogen-bond acceptors (Lipinski definition) is 7. The Hall–Kier alpha value is -1.02. The summed E-state index contributed by atoms with van der Waals surface area (Å²) in [5.41, 5.74) is 0. The van der Waals surface area contributed by atoms with E-state index in [1.807, 2.05) is 18.5 Å². The van der Waals surface area contributed by atoms with Gasteiger partial charge in [0.05, 0.1) is 13.2 Å². The van der Waals surface area contributed by atoms with Crippen molar-refractivity contribution < 1.29 is 9.47 Å². The highest BCUT2D eigenvalue weighted by atomic mass is 127. The molecule has 0 spiro atoms. The first kappa shape index (κ1) is 28.0. The first-order chi connectivity index (χ1) is 14.6. The predicted octanol–water partition coefficient (Wildman–Crippen LogP) is 0.467. The third-order valence-electron chi connectivity index (χ3n) is 5.28. The molecule has 1 saturated heterocycles. The quantitative estimate of drug-likeness (QED) is 0.158. The van der Waals surface area contributed by atoms with Gasteiger partial charge >= 0.3 is 0 Å². The molecular weight excluding hydrogens is 511 g/mol. The third kappa shape index (κ3) is 11.4. The Kier molecular flexibility index (Phi) is 15.0. The van der Waals surface area contributed by atoms with Crippen molar-refractivity contribution in [1.82, 2.24) is 35.2 Å². The van der Waals surface area contributed by atoms with E-state index in [0.29, 0.717) is 6.54 Å². The van der Waals surface area contributed by atoms with E-state index in [-0.39, 0.29) is 24.0 Å². The average molecular weight is 553 g/mol. The highest BCUT2D eigenvalue weighted by molar-refractivity contribution is 14.0. The van der Waals surface area contributed by atoms with Gasteiger partial charge < -0.3 is 29.6 Å². The molecule has 0 radical (unpaired) electrons. The second-order valence-electron chi connectivity index (χ2n) is 7.70. The van der Waals surface area contributed by atoms with Crippen molar-refractivity contribution in [2.75, 3.05) is 79.8 Å². The molecule has 1 aromatic rings. The lowest BCUT2D eigenvalue weighted by Crippen LogP contribution is -2.43. The standard InChI is InChI=1S/C20H40N8O2.HI/c1-18-24-25-19(27(18)3)17-23-20(22-8-11-26(2)9-6-14-29-4)21-7-5-10-28-12-15-30-16-13-28;/h5-17H2,1-4H3,(H2,21,22,23);1H. The van der Waals surface area contributed by atoms with E-state index in [2.05, 4.69) is 37.7 Å². The minimum Gasteiger partial charge on any atom is -0.385 e. The smallest absolute Gasteiger partial charge is 0.191 e. The molecule has 0 bridgehead atoms. The monoisotopic (exact) mass is 552 g/mol. The Morgan fingerprint density at radius 1 is 1.16 bits per heavy atom. The van der Waals surface area contributed by atoms with Gasteiger partial charge in [-0.25, -0.2) is 4.99 Å². The fourth-order valence-corrected chi connectivity index (χ4v) is 3.20. The van der Waals surface area contributed by atoms with Crippen LogP contribution in [0.4, 0.5) is 0 Å². The SMILES string of the molecule is COCCCN(C)CCNC(=NCc1nnc(C)n1C)NCCCN1CCOCC1.I. The lowest BCUT2D eigenvalue weighted by atomic mass is 10.3. The number of aryl methyl sites for hydroxylation is 1. The molecule has 11 heteroatoms. The normalized spacial score (nSPS) is 15.2. The largest absolute Gasteiger partial charge is 0.385 e. The van der Waals surface area contributed by atoms with Crippen LogP contribution in [0, 0.1) is 6.92 Å². The second-order valence-corrected chi connectivity index (χ2v) is 7.70. The summed E-state index contributed by atoms with van der Waals surface area (Å²) in [4.78, 5) is 9.47. The summed E-state index contributed by atoms with van der Waals surface area (Å²) in [6.07, 6.45) is 2.11. The molecule has 0 unspecified atom stereocenters. The Morgan fingerprint density at radius 3 is 2.58 bits per heavy atom. The van der Waals surface area contributed by atoms with Crippen LogP contribution in [0.3, 0.4) is 0 Å².